The fraction of sp³-hybridized carbons (Fsp3) is 0.462. The molecule has 1 unspecified atom stereocenters. The van der Waals surface area contributed by atoms with Crippen molar-refractivity contribution < 1.29 is 19.2 Å². The van der Waals surface area contributed by atoms with E-state index in [1.807, 2.05) is 0 Å². The second kappa shape index (κ2) is 5.10. The highest BCUT2D eigenvalue weighted by molar-refractivity contribution is 7.84. The molecule has 1 aliphatic rings. The van der Waals surface area contributed by atoms with Gasteiger partial charge in [0.15, 0.2) is 0 Å². The highest BCUT2D eigenvalue weighted by atomic mass is 32.2. The summed E-state index contributed by atoms with van der Waals surface area (Å²) in [7, 11) is -1.05. The zero-order valence-corrected chi connectivity index (χ0v) is 10.8. The van der Waals surface area contributed by atoms with Gasteiger partial charge in [-0.25, -0.2) is 0 Å². The Bertz CT molecular complexity index is 462. The summed E-state index contributed by atoms with van der Waals surface area (Å²) in [6.07, 6.45) is 1.84. The number of hydrogen-bond donors (Lipinski definition) is 2. The van der Waals surface area contributed by atoms with Gasteiger partial charge >= 0.3 is 5.97 Å². The minimum Gasteiger partial charge on any atom is -0.508 e. The van der Waals surface area contributed by atoms with E-state index in [4.69, 9.17) is 10.2 Å². The van der Waals surface area contributed by atoms with Crippen molar-refractivity contribution in [3.8, 4) is 5.75 Å². The number of rotatable bonds is 6. The van der Waals surface area contributed by atoms with Gasteiger partial charge in [-0.1, -0.05) is 12.1 Å². The number of carboxylic acid groups (broad SMARTS) is 1. The molecule has 1 aliphatic carbocycles. The van der Waals surface area contributed by atoms with Crippen LogP contribution in [-0.2, 0) is 21.3 Å². The molecule has 0 bridgehead atoms. The molecule has 0 heterocycles. The molecule has 2 rings (SSSR count). The van der Waals surface area contributed by atoms with Crippen LogP contribution in [-0.4, -0.2) is 26.1 Å². The van der Waals surface area contributed by atoms with Gasteiger partial charge in [-0.2, -0.15) is 0 Å². The maximum Gasteiger partial charge on any atom is 0.303 e. The molecule has 1 aromatic carbocycles. The molecule has 0 aliphatic heterocycles. The zero-order valence-electron chi connectivity index (χ0n) is 9.96. The van der Waals surface area contributed by atoms with Gasteiger partial charge in [0.1, 0.15) is 5.75 Å². The summed E-state index contributed by atoms with van der Waals surface area (Å²) in [5, 5.41) is 17.9. The predicted octanol–water partition coefficient (Wildman–Crippen LogP) is 1.90. The maximum atomic E-state index is 12.0. The van der Waals surface area contributed by atoms with Crippen LogP contribution in [0.1, 0.15) is 24.8 Å². The number of phenolic OH excluding ortho intramolecular Hbond substituents is 1. The standard InChI is InChI=1S/C13H16O4S/c14-11-3-1-10(2-4-11)8-18(17)9-13(5-6-13)7-12(15)16/h1-4,14H,5-9H2,(H,15,16). The van der Waals surface area contributed by atoms with Gasteiger partial charge in [-0.15, -0.1) is 0 Å². The lowest BCUT2D eigenvalue weighted by Gasteiger charge is -2.11. The van der Waals surface area contributed by atoms with E-state index in [1.165, 1.54) is 0 Å². The average Bonchev–Trinajstić information content (AvgIpc) is 3.00. The second-order valence-electron chi connectivity index (χ2n) is 4.97. The molecule has 1 atom stereocenters. The van der Waals surface area contributed by atoms with Crippen LogP contribution in [0.4, 0.5) is 0 Å². The molecule has 0 saturated heterocycles. The Morgan fingerprint density at radius 2 is 1.89 bits per heavy atom. The van der Waals surface area contributed by atoms with Gasteiger partial charge in [0.2, 0.25) is 0 Å². The molecular formula is C13H16O4S. The summed E-state index contributed by atoms with van der Waals surface area (Å²) in [5.74, 6) is 0.255. The third-order valence-corrected chi connectivity index (χ3v) is 4.80. The van der Waals surface area contributed by atoms with Crippen LogP contribution in [0.5, 0.6) is 5.75 Å². The third kappa shape index (κ3) is 3.57. The van der Waals surface area contributed by atoms with Crippen molar-refractivity contribution in [1.82, 2.24) is 0 Å². The monoisotopic (exact) mass is 268 g/mol. The van der Waals surface area contributed by atoms with Crippen LogP contribution >= 0.6 is 0 Å². The number of benzene rings is 1. The van der Waals surface area contributed by atoms with Gasteiger partial charge in [0, 0.05) is 22.3 Å². The molecule has 1 fully saturated rings. The number of aliphatic carboxylic acids is 1. The van der Waals surface area contributed by atoms with Crippen LogP contribution in [0.3, 0.4) is 0 Å². The smallest absolute Gasteiger partial charge is 0.303 e. The highest BCUT2D eigenvalue weighted by Gasteiger charge is 2.45. The maximum absolute atomic E-state index is 12.0. The SMILES string of the molecule is O=C(O)CC1(CS(=O)Cc2ccc(O)cc2)CC1. The van der Waals surface area contributed by atoms with Gasteiger partial charge in [0.05, 0.1) is 6.42 Å². The fourth-order valence-electron chi connectivity index (χ4n) is 2.04. The molecule has 2 N–H and O–H groups in total. The normalized spacial score (nSPS) is 18.2. The van der Waals surface area contributed by atoms with E-state index in [2.05, 4.69) is 0 Å². The molecule has 0 aromatic heterocycles. The van der Waals surface area contributed by atoms with E-state index >= 15 is 0 Å². The third-order valence-electron chi connectivity index (χ3n) is 3.21. The van der Waals surface area contributed by atoms with Crippen molar-refractivity contribution in [1.29, 1.82) is 0 Å². The fourth-order valence-corrected chi connectivity index (χ4v) is 3.78. The Morgan fingerprint density at radius 3 is 2.39 bits per heavy atom. The highest BCUT2D eigenvalue weighted by Crippen LogP contribution is 2.49. The quantitative estimate of drug-likeness (QED) is 0.826. The van der Waals surface area contributed by atoms with Gasteiger partial charge < -0.3 is 10.2 Å². The summed E-state index contributed by atoms with van der Waals surface area (Å²) in [5.41, 5.74) is 0.672. The minimum atomic E-state index is -1.05. The molecule has 0 amide bonds. The van der Waals surface area contributed by atoms with Crippen molar-refractivity contribution in [2.75, 3.05) is 5.75 Å². The molecule has 0 radical (unpaired) electrons. The van der Waals surface area contributed by atoms with Crippen LogP contribution in [0, 0.1) is 5.41 Å². The van der Waals surface area contributed by atoms with Crippen molar-refractivity contribution in [3.05, 3.63) is 29.8 Å². The van der Waals surface area contributed by atoms with E-state index in [-0.39, 0.29) is 17.6 Å². The summed E-state index contributed by atoms with van der Waals surface area (Å²) < 4.78 is 12.0. The van der Waals surface area contributed by atoms with Gasteiger partial charge in [0.25, 0.3) is 0 Å². The molecular weight excluding hydrogens is 252 g/mol. The van der Waals surface area contributed by atoms with Gasteiger partial charge in [-0.3, -0.25) is 9.00 Å². The second-order valence-corrected chi connectivity index (χ2v) is 6.42. The van der Waals surface area contributed by atoms with E-state index in [0.717, 1.165) is 18.4 Å². The number of aromatic hydroxyl groups is 1. The Balaban J connectivity index is 1.89. The van der Waals surface area contributed by atoms with Crippen molar-refractivity contribution in [2.45, 2.75) is 25.0 Å². The first kappa shape index (κ1) is 13.1. The molecule has 1 saturated carbocycles. The van der Waals surface area contributed by atoms with E-state index in [9.17, 15) is 9.00 Å². The lowest BCUT2D eigenvalue weighted by Crippen LogP contribution is -2.17. The van der Waals surface area contributed by atoms with E-state index < -0.39 is 16.8 Å². The van der Waals surface area contributed by atoms with Crippen molar-refractivity contribution >= 4 is 16.8 Å². The summed E-state index contributed by atoms with van der Waals surface area (Å²) in [6.45, 7) is 0. The topological polar surface area (TPSA) is 74.6 Å². The van der Waals surface area contributed by atoms with Crippen LogP contribution in [0.25, 0.3) is 0 Å². The van der Waals surface area contributed by atoms with E-state index in [1.54, 1.807) is 24.3 Å². The lowest BCUT2D eigenvalue weighted by molar-refractivity contribution is -0.138. The Labute approximate surface area is 108 Å². The minimum absolute atomic E-state index is 0.119. The van der Waals surface area contributed by atoms with E-state index in [0.29, 0.717) is 11.5 Å². The first-order valence-electron chi connectivity index (χ1n) is 5.84. The molecule has 1 aromatic rings. The summed E-state index contributed by atoms with van der Waals surface area (Å²) >= 11 is 0. The molecule has 98 valence electrons. The zero-order chi connectivity index (χ0) is 13.2. The van der Waals surface area contributed by atoms with Crippen molar-refractivity contribution in [2.24, 2.45) is 5.41 Å². The predicted molar refractivity (Wildman–Crippen MR) is 68.7 cm³/mol. The van der Waals surface area contributed by atoms with Crippen molar-refractivity contribution in [3.63, 3.8) is 0 Å². The Kier molecular flexibility index (Phi) is 3.71. The average molecular weight is 268 g/mol. The number of phenols is 1. The number of hydrogen-bond acceptors (Lipinski definition) is 3. The summed E-state index contributed by atoms with van der Waals surface area (Å²) in [4.78, 5) is 10.7. The Morgan fingerprint density at radius 1 is 1.28 bits per heavy atom. The van der Waals surface area contributed by atoms with Crippen LogP contribution < -0.4 is 0 Å². The van der Waals surface area contributed by atoms with Crippen LogP contribution in [0.2, 0.25) is 0 Å². The number of carboxylic acids is 1. The largest absolute Gasteiger partial charge is 0.508 e. The first-order valence-corrected chi connectivity index (χ1v) is 7.33. The molecule has 0 spiro atoms. The molecule has 18 heavy (non-hydrogen) atoms. The molecule has 4 nitrogen and oxygen atoms in total. The summed E-state index contributed by atoms with van der Waals surface area (Å²) in [6, 6.07) is 6.61. The van der Waals surface area contributed by atoms with Gasteiger partial charge in [-0.05, 0) is 36.0 Å². The lowest BCUT2D eigenvalue weighted by atomic mass is 10.1. The molecule has 5 heteroatoms. The first-order chi connectivity index (χ1) is 8.49. The number of carbonyl (C=O) groups is 1. The Hall–Kier alpha value is -1.36. The van der Waals surface area contributed by atoms with Crippen LogP contribution in [0.15, 0.2) is 24.3 Å².